The number of hydrogen-bond acceptors (Lipinski definition) is 9. The number of methoxy groups -OCH3 is 2. The summed E-state index contributed by atoms with van der Waals surface area (Å²) in [6.07, 6.45) is 1.28. The summed E-state index contributed by atoms with van der Waals surface area (Å²) in [4.78, 5) is 85.6. The topological polar surface area (TPSA) is 207 Å². The summed E-state index contributed by atoms with van der Waals surface area (Å²) in [6.45, 7) is 7.67. The van der Waals surface area contributed by atoms with Crippen LogP contribution in [0, 0.1) is 17.7 Å². The third-order valence-electron chi connectivity index (χ3n) is 12.9. The first-order chi connectivity index (χ1) is 29.5. The molecule has 6 N–H and O–H groups in total. The van der Waals surface area contributed by atoms with Gasteiger partial charge in [0.1, 0.15) is 29.0 Å². The number of ether oxygens (including phenoxy) is 2. The first-order valence-electron chi connectivity index (χ1n) is 21.2. The quantitative estimate of drug-likeness (QED) is 0.176. The molecular weight excluding hydrogens is 798 g/mol. The molecule has 0 aliphatic carbocycles. The Labute approximate surface area is 361 Å². The number of hydrogen-bond donors (Lipinski definition) is 4. The van der Waals surface area contributed by atoms with Gasteiger partial charge in [0.15, 0.2) is 0 Å². The standard InChI is InChI=1S/C46H58FN7O8/c1-27(2)37(50-43(59)61-5)39(55)52-23-9-21-45(52,41(48)57)31-13-7-11-29(25-31)35-19-20-36(54(35)34-17-15-33(47)16-18-34)30-12-8-14-32(26-30)46(42(49)58)22-10-24-53(46)40(56)38(28(3)4)51-44(60)62-6/h7-8,11-18,25-28,35-38H,9-10,19-24H2,1-6H3,(H2,48,57)(H2,49,58)(H,50,59)(H,51,60)/t35-,36-,37+,38+,45+,46+/m1/s1. The highest BCUT2D eigenvalue weighted by Crippen LogP contribution is 2.49. The number of carbonyl (C=O) groups is 6. The van der Waals surface area contributed by atoms with E-state index in [0.717, 1.165) is 16.8 Å². The van der Waals surface area contributed by atoms with Crippen molar-refractivity contribution in [3.05, 3.63) is 101 Å². The summed E-state index contributed by atoms with van der Waals surface area (Å²) in [5, 5.41) is 5.26. The number of rotatable bonds is 13. The van der Waals surface area contributed by atoms with Crippen LogP contribution in [0.1, 0.15) is 101 Å². The number of nitrogens with zero attached hydrogens (tertiary/aromatic N) is 3. The average Bonchev–Trinajstić information content (AvgIpc) is 4.03. The number of carbonyl (C=O) groups excluding carboxylic acids is 6. The molecule has 6 amide bonds. The van der Waals surface area contributed by atoms with Gasteiger partial charge in [-0.15, -0.1) is 0 Å². The summed E-state index contributed by atoms with van der Waals surface area (Å²) < 4.78 is 24.1. The third-order valence-corrected chi connectivity index (χ3v) is 12.9. The lowest BCUT2D eigenvalue weighted by Gasteiger charge is -2.40. The predicted molar refractivity (Wildman–Crippen MR) is 228 cm³/mol. The number of nitrogens with one attached hydrogen (secondary N) is 2. The average molecular weight is 856 g/mol. The number of nitrogens with two attached hydrogens (primary N) is 2. The van der Waals surface area contributed by atoms with E-state index in [1.165, 1.54) is 36.2 Å². The fourth-order valence-electron chi connectivity index (χ4n) is 9.81. The third kappa shape index (κ3) is 8.26. The maximum Gasteiger partial charge on any atom is 0.407 e. The molecule has 6 atom stereocenters. The number of halogens is 1. The van der Waals surface area contributed by atoms with Gasteiger partial charge in [-0.25, -0.2) is 14.0 Å². The van der Waals surface area contributed by atoms with Gasteiger partial charge in [-0.05, 0) is 96.9 Å². The van der Waals surface area contributed by atoms with Crippen LogP contribution in [-0.2, 0) is 39.7 Å². The van der Waals surface area contributed by atoms with Crippen molar-refractivity contribution in [3.8, 4) is 0 Å². The van der Waals surface area contributed by atoms with Crippen LogP contribution in [0.5, 0.6) is 0 Å². The van der Waals surface area contributed by atoms with Crippen molar-refractivity contribution in [2.75, 3.05) is 32.2 Å². The maximum atomic E-state index is 14.5. The van der Waals surface area contributed by atoms with Crippen molar-refractivity contribution in [1.82, 2.24) is 20.4 Å². The molecule has 6 rings (SSSR count). The molecule has 3 aromatic carbocycles. The van der Waals surface area contributed by atoms with Crippen LogP contribution < -0.4 is 27.0 Å². The molecule has 16 heteroatoms. The smallest absolute Gasteiger partial charge is 0.407 e. The van der Waals surface area contributed by atoms with Crippen LogP contribution >= 0.6 is 0 Å². The molecule has 0 saturated carbocycles. The summed E-state index contributed by atoms with van der Waals surface area (Å²) >= 11 is 0. The van der Waals surface area contributed by atoms with Gasteiger partial charge in [0.25, 0.3) is 0 Å². The lowest BCUT2D eigenvalue weighted by Crippen LogP contribution is -2.59. The van der Waals surface area contributed by atoms with Crippen LogP contribution in [0.25, 0.3) is 0 Å². The molecule has 3 heterocycles. The molecule has 0 unspecified atom stereocenters. The molecule has 3 aliphatic rings. The molecule has 0 radical (unpaired) electrons. The Balaban J connectivity index is 1.40. The Morgan fingerprint density at radius 2 is 1.06 bits per heavy atom. The fourth-order valence-corrected chi connectivity index (χ4v) is 9.81. The van der Waals surface area contributed by atoms with E-state index in [9.17, 15) is 33.2 Å². The summed E-state index contributed by atoms with van der Waals surface area (Å²) in [7, 11) is 2.43. The minimum Gasteiger partial charge on any atom is -0.453 e. The lowest BCUT2D eigenvalue weighted by atomic mass is 9.83. The zero-order valence-corrected chi connectivity index (χ0v) is 36.2. The van der Waals surface area contributed by atoms with Crippen LogP contribution in [-0.4, -0.2) is 85.0 Å². The van der Waals surface area contributed by atoms with Gasteiger partial charge in [0, 0.05) is 18.8 Å². The minimum absolute atomic E-state index is 0.247. The van der Waals surface area contributed by atoms with E-state index in [1.54, 1.807) is 52.0 Å². The minimum atomic E-state index is -1.50. The number of alkyl carbamates (subject to hydrolysis) is 2. The molecule has 0 spiro atoms. The van der Waals surface area contributed by atoms with E-state index < -0.39 is 64.8 Å². The summed E-state index contributed by atoms with van der Waals surface area (Å²) in [5.41, 5.74) is 12.9. The highest BCUT2D eigenvalue weighted by atomic mass is 19.1. The van der Waals surface area contributed by atoms with Gasteiger partial charge in [-0.1, -0.05) is 76.2 Å². The molecule has 15 nitrogen and oxygen atoms in total. The van der Waals surface area contributed by atoms with Crippen molar-refractivity contribution < 1.29 is 42.6 Å². The Bertz CT molecular complexity index is 2060. The van der Waals surface area contributed by atoms with E-state index in [4.69, 9.17) is 20.9 Å². The molecule has 332 valence electrons. The van der Waals surface area contributed by atoms with Crippen LogP contribution in [0.15, 0.2) is 72.8 Å². The second-order valence-corrected chi connectivity index (χ2v) is 17.1. The van der Waals surface area contributed by atoms with E-state index in [-0.39, 0.29) is 49.9 Å². The van der Waals surface area contributed by atoms with Crippen LogP contribution in [0.3, 0.4) is 0 Å². The number of likely N-dealkylation sites (tertiary alicyclic amines) is 2. The molecule has 3 aliphatic heterocycles. The first kappa shape index (κ1) is 45.3. The monoisotopic (exact) mass is 855 g/mol. The second-order valence-electron chi connectivity index (χ2n) is 17.1. The maximum absolute atomic E-state index is 14.5. The zero-order chi connectivity index (χ0) is 45.1. The van der Waals surface area contributed by atoms with E-state index in [0.29, 0.717) is 36.8 Å². The number of anilines is 1. The van der Waals surface area contributed by atoms with E-state index in [2.05, 4.69) is 15.5 Å². The lowest BCUT2D eigenvalue weighted by molar-refractivity contribution is -0.146. The molecule has 0 bridgehead atoms. The van der Waals surface area contributed by atoms with E-state index >= 15 is 0 Å². The van der Waals surface area contributed by atoms with Crippen LogP contribution in [0.4, 0.5) is 19.7 Å². The van der Waals surface area contributed by atoms with Crippen molar-refractivity contribution in [2.24, 2.45) is 23.3 Å². The predicted octanol–water partition coefficient (Wildman–Crippen LogP) is 5.28. The summed E-state index contributed by atoms with van der Waals surface area (Å²) in [6, 6.07) is 18.6. The Morgan fingerprint density at radius 3 is 1.42 bits per heavy atom. The highest BCUT2D eigenvalue weighted by molar-refractivity contribution is 5.96. The molecule has 3 fully saturated rings. The van der Waals surface area contributed by atoms with Crippen molar-refractivity contribution in [2.45, 2.75) is 101 Å². The van der Waals surface area contributed by atoms with Gasteiger partial charge in [-0.2, -0.15) is 0 Å². The van der Waals surface area contributed by atoms with Gasteiger partial charge in [0.05, 0.1) is 26.3 Å². The number of primary amides is 2. The number of amides is 6. The van der Waals surface area contributed by atoms with Gasteiger partial charge in [-0.3, -0.25) is 19.2 Å². The number of benzene rings is 3. The van der Waals surface area contributed by atoms with E-state index in [1.807, 2.05) is 36.4 Å². The zero-order valence-electron chi connectivity index (χ0n) is 36.2. The molecule has 62 heavy (non-hydrogen) atoms. The van der Waals surface area contributed by atoms with Gasteiger partial charge < -0.3 is 46.3 Å². The van der Waals surface area contributed by atoms with Crippen LogP contribution in [0.2, 0.25) is 0 Å². The Hall–Kier alpha value is -6.19. The van der Waals surface area contributed by atoms with Crippen molar-refractivity contribution in [1.29, 1.82) is 0 Å². The van der Waals surface area contributed by atoms with Gasteiger partial charge in [0.2, 0.25) is 23.6 Å². The summed E-state index contributed by atoms with van der Waals surface area (Å²) in [5.74, 6) is -3.34. The molecule has 3 saturated heterocycles. The first-order valence-corrected chi connectivity index (χ1v) is 21.2. The van der Waals surface area contributed by atoms with Crippen molar-refractivity contribution >= 4 is 41.5 Å². The fraction of sp³-hybridized carbons (Fsp3) is 0.478. The normalized spacial score (nSPS) is 23.3. The Morgan fingerprint density at radius 1 is 0.661 bits per heavy atom. The highest BCUT2D eigenvalue weighted by Gasteiger charge is 2.53. The Kier molecular flexibility index (Phi) is 13.5. The molecular formula is C46H58FN7O8. The van der Waals surface area contributed by atoms with Gasteiger partial charge >= 0.3 is 12.2 Å². The molecule has 0 aromatic heterocycles. The second kappa shape index (κ2) is 18.4. The SMILES string of the molecule is COC(=O)N[C@H](C(=O)N1CCC[C@@]1(C(N)=O)c1cccc([C@H]2CC[C@H](c3cccc([C@]4(C(N)=O)CCCN4C(=O)[C@@H](NC(=O)OC)C(C)C)c3)N2c2ccc(F)cc2)c1)C(C)C. The largest absolute Gasteiger partial charge is 0.453 e. The molecule has 3 aromatic rings. The van der Waals surface area contributed by atoms with Crippen molar-refractivity contribution in [3.63, 3.8) is 0 Å².